The lowest BCUT2D eigenvalue weighted by molar-refractivity contribution is 0.260. The van der Waals surface area contributed by atoms with E-state index in [0.29, 0.717) is 17.8 Å². The first-order valence-corrected chi connectivity index (χ1v) is 7.23. The molecule has 3 heteroatoms. The molecule has 1 heterocycles. The number of fused-ring (bicyclic) bond motifs is 1. The van der Waals surface area contributed by atoms with Gasteiger partial charge in [0.15, 0.2) is 0 Å². The van der Waals surface area contributed by atoms with Gasteiger partial charge in [0.1, 0.15) is 0 Å². The molecule has 17 heavy (non-hydrogen) atoms. The number of rotatable bonds is 6. The van der Waals surface area contributed by atoms with Gasteiger partial charge >= 0.3 is 0 Å². The molecule has 1 aliphatic rings. The highest BCUT2D eigenvalue weighted by molar-refractivity contribution is 8.00. The Morgan fingerprint density at radius 1 is 1.47 bits per heavy atom. The Morgan fingerprint density at radius 3 is 3.06 bits per heavy atom. The maximum Gasteiger partial charge on any atom is 0.0434 e. The number of hydrogen-bond donors (Lipinski definition) is 2. The Hall–Kier alpha value is -0.510. The third kappa shape index (κ3) is 3.73. The molecular formula is C14H21NOS. The molecule has 1 aliphatic heterocycles. The van der Waals surface area contributed by atoms with Crippen molar-refractivity contribution in [3.8, 4) is 0 Å². The Morgan fingerprint density at radius 2 is 2.29 bits per heavy atom. The van der Waals surface area contributed by atoms with Crippen LogP contribution in [0.4, 0.5) is 0 Å². The van der Waals surface area contributed by atoms with Crippen LogP contribution in [-0.2, 0) is 6.42 Å². The minimum absolute atomic E-state index is 0.298. The first-order chi connectivity index (χ1) is 8.29. The van der Waals surface area contributed by atoms with Crippen molar-refractivity contribution in [2.45, 2.75) is 29.9 Å². The predicted molar refractivity (Wildman–Crippen MR) is 73.5 cm³/mol. The van der Waals surface area contributed by atoms with Crippen LogP contribution >= 0.6 is 11.8 Å². The van der Waals surface area contributed by atoms with Gasteiger partial charge in [-0.25, -0.2) is 0 Å². The molecule has 2 nitrogen and oxygen atoms in total. The molecule has 94 valence electrons. The summed E-state index contributed by atoms with van der Waals surface area (Å²) in [5.74, 6) is 0.564. The second kappa shape index (κ2) is 6.43. The van der Waals surface area contributed by atoms with E-state index in [4.69, 9.17) is 5.11 Å². The van der Waals surface area contributed by atoms with E-state index < -0.39 is 0 Å². The van der Waals surface area contributed by atoms with Gasteiger partial charge in [0.25, 0.3) is 0 Å². The predicted octanol–water partition coefficient (Wildman–Crippen LogP) is 2.31. The Balaban J connectivity index is 1.70. The molecule has 0 saturated heterocycles. The van der Waals surface area contributed by atoms with Crippen LogP contribution in [0.2, 0.25) is 0 Å². The monoisotopic (exact) mass is 251 g/mol. The molecule has 0 saturated carbocycles. The lowest BCUT2D eigenvalue weighted by Crippen LogP contribution is -2.28. The fraction of sp³-hybridized carbons (Fsp3) is 0.571. The van der Waals surface area contributed by atoms with E-state index in [-0.39, 0.29) is 0 Å². The average Bonchev–Trinajstić information content (AvgIpc) is 2.71. The molecule has 0 amide bonds. The second-order valence-electron chi connectivity index (χ2n) is 4.83. The molecule has 0 aliphatic carbocycles. The number of thioether (sulfide) groups is 1. The van der Waals surface area contributed by atoms with Crippen molar-refractivity contribution in [2.75, 3.05) is 19.7 Å². The molecule has 2 atom stereocenters. The van der Waals surface area contributed by atoms with E-state index in [9.17, 15) is 0 Å². The van der Waals surface area contributed by atoms with Crippen LogP contribution < -0.4 is 5.32 Å². The number of aliphatic hydroxyl groups is 1. The van der Waals surface area contributed by atoms with Crippen molar-refractivity contribution in [2.24, 2.45) is 5.92 Å². The van der Waals surface area contributed by atoms with Gasteiger partial charge in [-0.2, -0.15) is 0 Å². The van der Waals surface area contributed by atoms with E-state index in [1.807, 2.05) is 11.8 Å². The Bertz CT molecular complexity index is 331. The highest BCUT2D eigenvalue weighted by Gasteiger charge is 2.21. The molecule has 0 spiro atoms. The topological polar surface area (TPSA) is 32.3 Å². The zero-order valence-corrected chi connectivity index (χ0v) is 11.2. The first kappa shape index (κ1) is 12.9. The number of aliphatic hydroxyl groups excluding tert-OH is 1. The standard InChI is InChI=1S/C14H21NOS/c1-11(6-7-16)9-15-10-13-8-12-4-2-3-5-14(12)17-13/h2-5,11,13,15-16H,6-10H2,1H3. The summed E-state index contributed by atoms with van der Waals surface area (Å²) in [4.78, 5) is 1.45. The smallest absolute Gasteiger partial charge is 0.0434 e. The Labute approximate surface area is 108 Å². The van der Waals surface area contributed by atoms with Crippen molar-refractivity contribution in [1.82, 2.24) is 5.32 Å². The number of benzene rings is 1. The summed E-state index contributed by atoms with van der Waals surface area (Å²) in [5, 5.41) is 13.0. The lowest BCUT2D eigenvalue weighted by Gasteiger charge is -2.13. The van der Waals surface area contributed by atoms with Crippen LogP contribution in [0.25, 0.3) is 0 Å². The third-order valence-corrected chi connectivity index (χ3v) is 4.52. The SMILES string of the molecule is CC(CCO)CNCC1Cc2ccccc2S1. The Kier molecular flexibility index (Phi) is 4.89. The maximum absolute atomic E-state index is 8.83. The average molecular weight is 251 g/mol. The van der Waals surface area contributed by atoms with E-state index in [1.54, 1.807) is 0 Å². The van der Waals surface area contributed by atoms with Gasteiger partial charge in [0.2, 0.25) is 0 Å². The van der Waals surface area contributed by atoms with Gasteiger partial charge in [0, 0.05) is 23.3 Å². The van der Waals surface area contributed by atoms with Crippen LogP contribution in [0.5, 0.6) is 0 Å². The van der Waals surface area contributed by atoms with Crippen molar-refractivity contribution in [1.29, 1.82) is 0 Å². The van der Waals surface area contributed by atoms with Gasteiger partial charge in [-0.05, 0) is 36.9 Å². The van der Waals surface area contributed by atoms with Gasteiger partial charge in [-0.1, -0.05) is 25.1 Å². The number of hydrogen-bond acceptors (Lipinski definition) is 3. The first-order valence-electron chi connectivity index (χ1n) is 6.35. The molecule has 0 aromatic heterocycles. The van der Waals surface area contributed by atoms with Crippen LogP contribution in [0.1, 0.15) is 18.9 Å². The molecule has 2 unspecified atom stereocenters. The van der Waals surface area contributed by atoms with Crippen molar-refractivity contribution in [3.63, 3.8) is 0 Å². The van der Waals surface area contributed by atoms with Crippen LogP contribution in [-0.4, -0.2) is 30.1 Å². The molecule has 0 radical (unpaired) electrons. The minimum Gasteiger partial charge on any atom is -0.396 e. The number of nitrogens with one attached hydrogen (secondary N) is 1. The zero-order valence-electron chi connectivity index (χ0n) is 10.4. The fourth-order valence-corrected chi connectivity index (χ4v) is 3.46. The van der Waals surface area contributed by atoms with Crippen LogP contribution in [0.3, 0.4) is 0 Å². The van der Waals surface area contributed by atoms with Gasteiger partial charge in [-0.15, -0.1) is 11.8 Å². The molecule has 1 aromatic rings. The fourth-order valence-electron chi connectivity index (χ4n) is 2.18. The van der Waals surface area contributed by atoms with Gasteiger partial charge < -0.3 is 10.4 Å². The minimum atomic E-state index is 0.298. The van der Waals surface area contributed by atoms with Gasteiger partial charge in [0.05, 0.1) is 0 Å². The summed E-state index contributed by atoms with van der Waals surface area (Å²) in [7, 11) is 0. The molecule has 1 aromatic carbocycles. The van der Waals surface area contributed by atoms with Crippen molar-refractivity contribution >= 4 is 11.8 Å². The molecule has 2 N–H and O–H groups in total. The summed E-state index contributed by atoms with van der Waals surface area (Å²) >= 11 is 1.99. The molecule has 0 bridgehead atoms. The summed E-state index contributed by atoms with van der Waals surface area (Å²) in [6, 6.07) is 8.69. The van der Waals surface area contributed by atoms with E-state index in [1.165, 1.54) is 16.9 Å². The van der Waals surface area contributed by atoms with Crippen molar-refractivity contribution in [3.05, 3.63) is 29.8 Å². The summed E-state index contributed by atoms with van der Waals surface area (Å²) in [6.07, 6.45) is 2.08. The van der Waals surface area contributed by atoms with Crippen LogP contribution in [0, 0.1) is 5.92 Å². The largest absolute Gasteiger partial charge is 0.396 e. The van der Waals surface area contributed by atoms with Crippen LogP contribution in [0.15, 0.2) is 29.2 Å². The highest BCUT2D eigenvalue weighted by atomic mass is 32.2. The van der Waals surface area contributed by atoms with E-state index >= 15 is 0 Å². The lowest BCUT2D eigenvalue weighted by atomic mass is 10.1. The molecular weight excluding hydrogens is 230 g/mol. The third-order valence-electron chi connectivity index (χ3n) is 3.20. The highest BCUT2D eigenvalue weighted by Crippen LogP contribution is 2.36. The van der Waals surface area contributed by atoms with Gasteiger partial charge in [-0.3, -0.25) is 0 Å². The second-order valence-corrected chi connectivity index (χ2v) is 6.17. The van der Waals surface area contributed by atoms with E-state index in [0.717, 1.165) is 19.5 Å². The van der Waals surface area contributed by atoms with E-state index in [2.05, 4.69) is 36.5 Å². The van der Waals surface area contributed by atoms with Crippen molar-refractivity contribution < 1.29 is 5.11 Å². The molecule has 2 rings (SSSR count). The molecule has 0 fully saturated rings. The summed E-state index contributed by atoms with van der Waals surface area (Å²) < 4.78 is 0. The normalized spacial score (nSPS) is 20.2. The zero-order chi connectivity index (χ0) is 12.1. The summed E-state index contributed by atoms with van der Waals surface area (Å²) in [5.41, 5.74) is 1.49. The maximum atomic E-state index is 8.83. The quantitative estimate of drug-likeness (QED) is 0.814. The summed E-state index contributed by atoms with van der Waals surface area (Å²) in [6.45, 7) is 4.55.